The first-order valence-corrected chi connectivity index (χ1v) is 48.3. The fourth-order valence-electron chi connectivity index (χ4n) is 15.7. The smallest absolute Gasteiger partial charge is 0.336 e. The third kappa shape index (κ3) is 41.1. The monoisotopic (exact) mass is 2080 g/mol. The van der Waals surface area contributed by atoms with Crippen LogP contribution in [0, 0.1) is 37.9 Å². The number of anilines is 1. The van der Waals surface area contributed by atoms with E-state index in [1.54, 1.807) is 72.8 Å². The molecule has 0 saturated heterocycles. The maximum atomic E-state index is 15.0. The average Bonchev–Trinajstić information content (AvgIpc) is 0.752. The summed E-state index contributed by atoms with van der Waals surface area (Å²) in [5.74, 6) is -15.2. The molecular weight excluding hydrogens is 1950 g/mol. The molecule has 7 rings (SSSR count). The van der Waals surface area contributed by atoms with E-state index in [1.807, 2.05) is 36.4 Å². The van der Waals surface area contributed by atoms with Gasteiger partial charge in [0.1, 0.15) is 77.6 Å². The van der Waals surface area contributed by atoms with Crippen LogP contribution in [0.2, 0.25) is 0 Å². The lowest BCUT2D eigenvalue weighted by molar-refractivity contribution is -0.145. The van der Waals surface area contributed by atoms with Crippen LogP contribution in [0.3, 0.4) is 0 Å². The number of carboxylic acid groups (broad SMARTS) is 1. The van der Waals surface area contributed by atoms with Gasteiger partial charge in [0, 0.05) is 99.5 Å². The van der Waals surface area contributed by atoms with E-state index in [0.29, 0.717) is 33.2 Å². The highest BCUT2D eigenvalue weighted by molar-refractivity contribution is 7.80. The molecule has 0 saturated carbocycles. The van der Waals surface area contributed by atoms with E-state index in [9.17, 15) is 67.7 Å². The Bertz CT molecular complexity index is 5790. The van der Waals surface area contributed by atoms with Crippen molar-refractivity contribution in [2.45, 2.75) is 176 Å². The Kier molecular flexibility index (Phi) is 48.7. The number of esters is 1. The molecule has 5 aromatic carbocycles. The molecular formula is C96H134N34O18S. The molecule has 0 bridgehead atoms. The molecule has 149 heavy (non-hydrogen) atoms. The van der Waals surface area contributed by atoms with Crippen molar-refractivity contribution in [1.29, 1.82) is 37.9 Å². The fourth-order valence-corrected chi connectivity index (χ4v) is 16.0. The Hall–Kier alpha value is -17.7. The second-order valence-electron chi connectivity index (χ2n) is 34.4. The van der Waals surface area contributed by atoms with Crippen LogP contribution in [0.25, 0.3) is 33.4 Å². The molecule has 5 aromatic rings. The first kappa shape index (κ1) is 118. The zero-order chi connectivity index (χ0) is 109. The Morgan fingerprint density at radius 3 is 1.12 bits per heavy atom. The summed E-state index contributed by atoms with van der Waals surface area (Å²) in [7, 11) is 0. The van der Waals surface area contributed by atoms with Gasteiger partial charge < -0.3 is 166 Å². The quantitative estimate of drug-likeness (QED) is 0.00348. The molecule has 0 aromatic heterocycles. The van der Waals surface area contributed by atoms with Crippen molar-refractivity contribution in [3.05, 3.63) is 178 Å². The number of hydrogen-bond acceptors (Lipinski definition) is 25. The number of carbonyl (C=O) groups excluding carboxylic acids is 12. The number of thiocarbonyl (C=S) groups is 1. The summed E-state index contributed by atoms with van der Waals surface area (Å²) >= 11 is 5.51. The topological polar surface area (TPSA) is 905 Å². The molecule has 8 atom stereocenters. The van der Waals surface area contributed by atoms with Crippen LogP contribution in [0.4, 0.5) is 5.69 Å². The summed E-state index contributed by atoms with van der Waals surface area (Å²) in [6.45, 7) is -0.675. The number of phenolic OH excluding ortho intramolecular Hbond substituents is 1. The van der Waals surface area contributed by atoms with Gasteiger partial charge in [0.25, 0.3) is 0 Å². The molecule has 44 N–H and O–H groups in total. The van der Waals surface area contributed by atoms with Gasteiger partial charge in [0.15, 0.2) is 52.3 Å². The van der Waals surface area contributed by atoms with E-state index in [4.69, 9.17) is 105 Å². The number of nitrogens with one attached hydrogen (secondary N) is 26. The number of hydrogen-bond donors (Lipinski definition) is 36. The highest BCUT2D eigenvalue weighted by Crippen LogP contribution is 2.43. The van der Waals surface area contributed by atoms with Crippen LogP contribution >= 0.6 is 12.2 Å². The van der Waals surface area contributed by atoms with E-state index in [1.165, 1.54) is 36.4 Å². The van der Waals surface area contributed by atoms with Crippen molar-refractivity contribution in [2.24, 2.45) is 45.9 Å². The molecule has 1 aliphatic heterocycles. The van der Waals surface area contributed by atoms with Crippen LogP contribution < -0.4 is 152 Å². The van der Waals surface area contributed by atoms with Crippen molar-refractivity contribution in [2.75, 3.05) is 70.8 Å². The number of guanidine groups is 7. The second kappa shape index (κ2) is 61.4. The molecule has 1 aliphatic carbocycles. The van der Waals surface area contributed by atoms with Gasteiger partial charge in [-0.05, 0) is 167 Å². The van der Waals surface area contributed by atoms with Gasteiger partial charge in [0.05, 0.1) is 24.9 Å². The Labute approximate surface area is 862 Å². The van der Waals surface area contributed by atoms with Gasteiger partial charge in [0.2, 0.25) is 65.0 Å². The molecule has 0 spiro atoms. The highest BCUT2D eigenvalue weighted by Gasteiger charge is 2.41. The molecule has 0 unspecified atom stereocenters. The predicted molar refractivity (Wildman–Crippen MR) is 560 cm³/mol. The van der Waals surface area contributed by atoms with E-state index >= 15 is 9.59 Å². The molecule has 802 valence electrons. The minimum Gasteiger partial charge on any atom is -0.508 e. The Morgan fingerprint density at radius 1 is 0.369 bits per heavy atom. The number of benzene rings is 6. The second-order valence-corrected chi connectivity index (χ2v) is 34.8. The van der Waals surface area contributed by atoms with Crippen molar-refractivity contribution in [3.8, 4) is 28.2 Å². The van der Waals surface area contributed by atoms with Crippen molar-refractivity contribution in [3.63, 3.8) is 0 Å². The number of aromatic carboxylic acids is 1. The van der Waals surface area contributed by atoms with Crippen molar-refractivity contribution in [1.82, 2.24) is 95.7 Å². The van der Waals surface area contributed by atoms with E-state index in [0.717, 1.165) is 0 Å². The minimum absolute atomic E-state index is 0.00160. The van der Waals surface area contributed by atoms with Crippen LogP contribution in [-0.4, -0.2) is 248 Å². The van der Waals surface area contributed by atoms with Gasteiger partial charge in [-0.15, -0.1) is 0 Å². The molecule has 0 radical (unpaired) electrons. The summed E-state index contributed by atoms with van der Waals surface area (Å²) < 4.78 is 11.4. The molecule has 53 heteroatoms. The summed E-state index contributed by atoms with van der Waals surface area (Å²) in [5.41, 5.74) is 46.0. The summed E-state index contributed by atoms with van der Waals surface area (Å²) in [6.07, 6.45) is -3.36. The largest absolute Gasteiger partial charge is 0.508 e. The van der Waals surface area contributed by atoms with Gasteiger partial charge in [-0.3, -0.25) is 100 Å². The first-order chi connectivity index (χ1) is 71.1. The SMILES string of the molecule is N=C(N)NCCC[C@@H](NC(=O)[C@@H](CCCNC(=N)N)NC(=O)[C@@H](CCCNC(=N)N)NC(=O)[C@@H](CCCNC(=N)N)NC(=O)[C@@H](CCCNC(=N)N)NC(=O)[C@@H](CCCNC(=N)N)NC(=O)[C@@H](CCCNC(=N)N)NC(=O)CCCNC(=O)[C@@H](CC(=O)NC(c1ccccc1)(c1ccccc1)c1ccccc1)NC(=O)CCC(=O)OCCNC(=S)Nc1ccc(-c2c3ccc(=O)cc-3oc3cc(O)ccc23)c(C(=O)O)c1)C(N)=O. The van der Waals surface area contributed by atoms with Gasteiger partial charge in [-0.25, -0.2) is 4.79 Å². The average molecular weight is 2080 g/mol. The van der Waals surface area contributed by atoms with Crippen molar-refractivity contribution < 1.29 is 81.7 Å². The molecule has 52 nitrogen and oxygen atoms in total. The first-order valence-electron chi connectivity index (χ1n) is 47.9. The van der Waals surface area contributed by atoms with E-state index < -0.39 is 192 Å². The molecule has 0 fully saturated rings. The normalized spacial score (nSPS) is 12.5. The lowest BCUT2D eigenvalue weighted by Crippen LogP contribution is -2.60. The van der Waals surface area contributed by atoms with Crippen LogP contribution in [0.5, 0.6) is 5.75 Å². The van der Waals surface area contributed by atoms with E-state index in [-0.39, 0.29) is 212 Å². The maximum Gasteiger partial charge on any atom is 0.336 e. The Morgan fingerprint density at radius 2 is 0.732 bits per heavy atom. The number of carboxylic acids is 1. The summed E-state index contributed by atoms with van der Waals surface area (Å²) in [4.78, 5) is 198. The number of ether oxygens (including phenoxy) is 1. The molecule has 11 amide bonds. The van der Waals surface area contributed by atoms with E-state index in [2.05, 4.69) is 101 Å². The number of amides is 11. The number of phenols is 1. The van der Waals surface area contributed by atoms with Crippen LogP contribution in [-0.2, 0) is 67.8 Å². The lowest BCUT2D eigenvalue weighted by atomic mass is 9.77. The lowest BCUT2D eigenvalue weighted by Gasteiger charge is -2.37. The van der Waals surface area contributed by atoms with Crippen LogP contribution in [0.15, 0.2) is 155 Å². The number of carbonyl (C=O) groups is 13. The van der Waals surface area contributed by atoms with Crippen LogP contribution in [0.1, 0.15) is 149 Å². The maximum absolute atomic E-state index is 15.0. The number of nitrogens with two attached hydrogens (primary N) is 8. The fraction of sp³-hybridized carbons (Fsp3) is 0.396. The van der Waals surface area contributed by atoms with Gasteiger partial charge in [-0.1, -0.05) is 97.1 Å². The minimum atomic E-state index is -1.66. The predicted octanol–water partition coefficient (Wildman–Crippen LogP) is -2.82. The van der Waals surface area contributed by atoms with Crippen molar-refractivity contribution >= 4 is 153 Å². The third-order valence-corrected chi connectivity index (χ3v) is 23.1. The number of aromatic hydroxyl groups is 1. The highest BCUT2D eigenvalue weighted by atomic mass is 32.1. The van der Waals surface area contributed by atoms with Gasteiger partial charge >= 0.3 is 11.9 Å². The number of rotatable bonds is 63. The zero-order valence-corrected chi connectivity index (χ0v) is 82.8. The summed E-state index contributed by atoms with van der Waals surface area (Å²) in [5, 5.41) is 126. The standard InChI is InChI=1S/C96H134N34O18S/c97-79(137)64(24-10-41-113-88(98)99)124-82(140)66(26-12-43-115-90(102)103)126-84(142)68(28-14-45-117-92(106)107)128-86(144)70(30-16-47-119-94(110)111)129-85(143)69(29-15-46-118-93(108)109)127-83(141)67(27-13-44-116-91(104)105)125-81(139)65(25-11-42-114-89(100)101)122-74(133)31-17-40-112-80(138)71(53-76(135)130-96(54-18-4-1-5-19-54,55-20-6-2-7-21-55)56-22-8-3-9-23-56)123-75(134)38-39-77(136)147-49-48-120-95(149)121-57-32-35-60(63(50-57)87(145)146)78-61-36-33-58(131)51-72(61)148-73-52-59(132)34-37-62(73)78/h1-9,18-23,32-37,50-52,64-71,131H,10-17,24-31,38-49,53H2,(H2,97,137)(H,112,138)(H,122,133)(H,123,134)(H,124,140)(H,125,139)(H,126,142)(H,127,141)(H,128,144)(H,129,143)(H,130,135)(H,145,146)(H4,98,99,113)(H4,100,101,114)(H4,102,103,115)(H4,104,105,116)(H4,106,107,117)(H4,108,109,118)(H4,110,111,119)(H2,120,121,149)/t64-,65-,66-,67-,68-,69-,70-,71-/m1/s1. The third-order valence-electron chi connectivity index (χ3n) is 22.9. The molecule has 2 aliphatic rings. The summed E-state index contributed by atoms with van der Waals surface area (Å²) in [6, 6.07) is 27.6. The zero-order valence-electron chi connectivity index (χ0n) is 81.9. The molecule has 1 heterocycles. The van der Waals surface area contributed by atoms with Gasteiger partial charge in [-0.2, -0.15) is 0 Å². The number of fused-ring (bicyclic) bond motifs is 2. The Balaban J connectivity index is 1.08. The number of primary amides is 1.